The Morgan fingerprint density at radius 3 is 2.33 bits per heavy atom. The first kappa shape index (κ1) is 17.8. The van der Waals surface area contributed by atoms with Gasteiger partial charge in [0, 0.05) is 24.9 Å². The third-order valence-electron chi connectivity index (χ3n) is 3.55. The molecule has 0 radical (unpaired) electrons. The van der Waals surface area contributed by atoms with Crippen LogP contribution in [0.1, 0.15) is 5.56 Å². The van der Waals surface area contributed by atoms with Gasteiger partial charge < -0.3 is 15.4 Å². The highest BCUT2D eigenvalue weighted by atomic mass is 19.1. The molecule has 0 aliphatic heterocycles. The van der Waals surface area contributed by atoms with E-state index in [1.165, 1.54) is 31.2 Å². The number of carbonyl (C=O) groups is 1. The van der Waals surface area contributed by atoms with Gasteiger partial charge in [-0.05, 0) is 36.2 Å². The van der Waals surface area contributed by atoms with Crippen LogP contribution in [0.4, 0.5) is 18.9 Å². The van der Waals surface area contributed by atoms with Gasteiger partial charge in [-0.3, -0.25) is 4.79 Å². The smallest absolute Gasteiger partial charge is 0.243 e. The summed E-state index contributed by atoms with van der Waals surface area (Å²) in [5, 5.41) is 0. The number of amides is 1. The Hall–Kier alpha value is -2.54. The first-order chi connectivity index (χ1) is 11.3. The summed E-state index contributed by atoms with van der Waals surface area (Å²) in [5.74, 6) is -2.55. The van der Waals surface area contributed by atoms with E-state index in [2.05, 4.69) is 0 Å². The molecule has 1 atom stereocenters. The SMILES string of the molecule is COc1ccc(N(C)C(=O)C(N)Cc2cc(F)cc(F)c2)cc1F. The number of halogens is 3. The summed E-state index contributed by atoms with van der Waals surface area (Å²) < 4.78 is 44.9. The van der Waals surface area contributed by atoms with Gasteiger partial charge in [0.15, 0.2) is 11.6 Å². The number of anilines is 1. The Kier molecular flexibility index (Phi) is 5.46. The fourth-order valence-corrected chi connectivity index (χ4v) is 2.31. The lowest BCUT2D eigenvalue weighted by Crippen LogP contribution is -2.43. The predicted octanol–water partition coefficient (Wildman–Crippen LogP) is 2.65. The molecule has 0 fully saturated rings. The van der Waals surface area contributed by atoms with Crippen molar-refractivity contribution in [2.24, 2.45) is 5.73 Å². The second-order valence-electron chi connectivity index (χ2n) is 5.30. The van der Waals surface area contributed by atoms with Crippen LogP contribution in [0.5, 0.6) is 5.75 Å². The van der Waals surface area contributed by atoms with Crippen molar-refractivity contribution in [2.45, 2.75) is 12.5 Å². The van der Waals surface area contributed by atoms with Crippen molar-refractivity contribution >= 4 is 11.6 Å². The molecule has 128 valence electrons. The number of nitrogens with zero attached hydrogens (tertiary/aromatic N) is 1. The summed E-state index contributed by atoms with van der Waals surface area (Å²) in [7, 11) is 2.77. The van der Waals surface area contributed by atoms with Gasteiger partial charge in [0.2, 0.25) is 5.91 Å². The molecule has 7 heteroatoms. The number of nitrogens with two attached hydrogens (primary N) is 1. The molecule has 2 aromatic carbocycles. The lowest BCUT2D eigenvalue weighted by molar-refractivity contribution is -0.119. The molecule has 2 rings (SSSR count). The maximum absolute atomic E-state index is 13.7. The Bertz CT molecular complexity index is 732. The summed E-state index contributed by atoms with van der Waals surface area (Å²) in [4.78, 5) is 13.5. The molecule has 0 bridgehead atoms. The molecule has 0 saturated carbocycles. The predicted molar refractivity (Wildman–Crippen MR) is 84.4 cm³/mol. The van der Waals surface area contributed by atoms with Gasteiger partial charge in [0.05, 0.1) is 13.2 Å². The molecule has 4 nitrogen and oxygen atoms in total. The third kappa shape index (κ3) is 4.05. The Labute approximate surface area is 137 Å². The number of methoxy groups -OCH3 is 1. The van der Waals surface area contributed by atoms with E-state index in [4.69, 9.17) is 10.5 Å². The summed E-state index contributed by atoms with van der Waals surface area (Å²) >= 11 is 0. The molecule has 0 aromatic heterocycles. The van der Waals surface area contributed by atoms with Crippen LogP contribution < -0.4 is 15.4 Å². The van der Waals surface area contributed by atoms with E-state index in [9.17, 15) is 18.0 Å². The van der Waals surface area contributed by atoms with Crippen LogP contribution in [0.15, 0.2) is 36.4 Å². The molecular weight excluding hydrogens is 321 g/mol. The second-order valence-corrected chi connectivity index (χ2v) is 5.30. The highest BCUT2D eigenvalue weighted by Gasteiger charge is 2.21. The highest BCUT2D eigenvalue weighted by Crippen LogP contribution is 2.23. The molecule has 1 amide bonds. The van der Waals surface area contributed by atoms with Crippen molar-refractivity contribution < 1.29 is 22.7 Å². The van der Waals surface area contributed by atoms with Gasteiger partial charge in [0.25, 0.3) is 0 Å². The van der Waals surface area contributed by atoms with Crippen LogP contribution in [0, 0.1) is 17.5 Å². The van der Waals surface area contributed by atoms with Gasteiger partial charge in [-0.1, -0.05) is 0 Å². The standard InChI is InChI=1S/C17H17F3N2O2/c1-22(13-3-4-16(24-2)14(20)9-13)17(23)15(21)7-10-5-11(18)8-12(19)6-10/h3-6,8-9,15H,7,21H2,1-2H3. The largest absolute Gasteiger partial charge is 0.494 e. The highest BCUT2D eigenvalue weighted by molar-refractivity contribution is 5.96. The summed E-state index contributed by atoms with van der Waals surface area (Å²) in [6, 6.07) is 5.98. The number of rotatable bonds is 5. The third-order valence-corrected chi connectivity index (χ3v) is 3.55. The number of carbonyl (C=O) groups excluding carboxylic acids is 1. The zero-order chi connectivity index (χ0) is 17.9. The number of likely N-dealkylation sites (N-methyl/N-ethyl adjacent to an activating group) is 1. The molecular formula is C17H17F3N2O2. The lowest BCUT2D eigenvalue weighted by atomic mass is 10.0. The van der Waals surface area contributed by atoms with Crippen molar-refractivity contribution in [2.75, 3.05) is 19.1 Å². The van der Waals surface area contributed by atoms with E-state index in [0.29, 0.717) is 5.69 Å². The fraction of sp³-hybridized carbons (Fsp3) is 0.235. The van der Waals surface area contributed by atoms with E-state index < -0.39 is 29.4 Å². The maximum Gasteiger partial charge on any atom is 0.243 e. The topological polar surface area (TPSA) is 55.6 Å². The van der Waals surface area contributed by atoms with Crippen LogP contribution in [0.25, 0.3) is 0 Å². The molecule has 0 aliphatic carbocycles. The summed E-state index contributed by atoms with van der Waals surface area (Å²) in [5.41, 5.74) is 6.38. The molecule has 0 saturated heterocycles. The molecule has 24 heavy (non-hydrogen) atoms. The second kappa shape index (κ2) is 7.35. The zero-order valence-electron chi connectivity index (χ0n) is 13.2. The molecule has 0 aliphatic rings. The van der Waals surface area contributed by atoms with Gasteiger partial charge >= 0.3 is 0 Å². The fourth-order valence-electron chi connectivity index (χ4n) is 2.31. The number of hydrogen-bond acceptors (Lipinski definition) is 3. The van der Waals surface area contributed by atoms with Gasteiger partial charge in [-0.2, -0.15) is 0 Å². The van der Waals surface area contributed by atoms with Crippen molar-refractivity contribution in [3.05, 3.63) is 59.4 Å². The van der Waals surface area contributed by atoms with Gasteiger partial charge in [0.1, 0.15) is 11.6 Å². The van der Waals surface area contributed by atoms with E-state index in [1.807, 2.05) is 0 Å². The average molecular weight is 338 g/mol. The van der Waals surface area contributed by atoms with Crippen LogP contribution in [-0.4, -0.2) is 26.1 Å². The number of benzene rings is 2. The lowest BCUT2D eigenvalue weighted by Gasteiger charge is -2.22. The first-order valence-corrected chi connectivity index (χ1v) is 7.13. The Balaban J connectivity index is 2.13. The van der Waals surface area contributed by atoms with E-state index in [0.717, 1.165) is 24.3 Å². The van der Waals surface area contributed by atoms with Gasteiger partial charge in [-0.15, -0.1) is 0 Å². The van der Waals surface area contributed by atoms with Gasteiger partial charge in [-0.25, -0.2) is 13.2 Å². The minimum atomic E-state index is -1.03. The Morgan fingerprint density at radius 2 is 1.79 bits per heavy atom. The molecule has 1 unspecified atom stereocenters. The summed E-state index contributed by atoms with van der Waals surface area (Å²) in [6.45, 7) is 0. The quantitative estimate of drug-likeness (QED) is 0.912. The van der Waals surface area contributed by atoms with Crippen LogP contribution in [0.3, 0.4) is 0 Å². The van der Waals surface area contributed by atoms with Crippen LogP contribution in [0.2, 0.25) is 0 Å². The van der Waals surface area contributed by atoms with Crippen molar-refractivity contribution in [3.8, 4) is 5.75 Å². The maximum atomic E-state index is 13.7. The van der Waals surface area contributed by atoms with Crippen molar-refractivity contribution in [1.29, 1.82) is 0 Å². The van der Waals surface area contributed by atoms with E-state index >= 15 is 0 Å². The van der Waals surface area contributed by atoms with E-state index in [-0.39, 0.29) is 17.7 Å². The van der Waals surface area contributed by atoms with Crippen molar-refractivity contribution in [3.63, 3.8) is 0 Å². The zero-order valence-corrected chi connectivity index (χ0v) is 13.2. The minimum absolute atomic E-state index is 0.0451. The molecule has 0 spiro atoms. The molecule has 2 N–H and O–H groups in total. The Morgan fingerprint density at radius 1 is 1.17 bits per heavy atom. The van der Waals surface area contributed by atoms with Crippen molar-refractivity contribution in [1.82, 2.24) is 0 Å². The minimum Gasteiger partial charge on any atom is -0.494 e. The molecule has 0 heterocycles. The normalized spacial score (nSPS) is 11.9. The number of hydrogen-bond donors (Lipinski definition) is 1. The average Bonchev–Trinajstić information content (AvgIpc) is 2.52. The van der Waals surface area contributed by atoms with Crippen LogP contribution >= 0.6 is 0 Å². The van der Waals surface area contributed by atoms with Crippen LogP contribution in [-0.2, 0) is 11.2 Å². The first-order valence-electron chi connectivity index (χ1n) is 7.13. The number of ether oxygens (including phenoxy) is 1. The van der Waals surface area contributed by atoms with E-state index in [1.54, 1.807) is 0 Å². The summed E-state index contributed by atoms with van der Waals surface area (Å²) in [6.07, 6.45) is -0.0451. The monoisotopic (exact) mass is 338 g/mol. The molecule has 2 aromatic rings.